The van der Waals surface area contributed by atoms with Crippen LogP contribution in [0.4, 0.5) is 0 Å². The van der Waals surface area contributed by atoms with Crippen LogP contribution in [0.2, 0.25) is 0 Å². The van der Waals surface area contributed by atoms with Crippen molar-refractivity contribution < 1.29 is 19.4 Å². The summed E-state index contributed by atoms with van der Waals surface area (Å²) in [6, 6.07) is 5.28. The fourth-order valence-electron chi connectivity index (χ4n) is 1.79. The topological polar surface area (TPSA) is 67.8 Å². The lowest BCUT2D eigenvalue weighted by Gasteiger charge is -2.20. The fourth-order valence-corrected chi connectivity index (χ4v) is 1.79. The first-order valence-corrected chi connectivity index (χ1v) is 6.10. The Morgan fingerprint density at radius 2 is 2.11 bits per heavy atom. The van der Waals surface area contributed by atoms with Gasteiger partial charge in [0.1, 0.15) is 13.2 Å². The molecule has 5 nitrogen and oxygen atoms in total. The molecule has 1 amide bonds. The molecule has 0 fully saturated rings. The largest absolute Gasteiger partial charge is 0.486 e. The van der Waals surface area contributed by atoms with Crippen molar-refractivity contribution in [3.63, 3.8) is 0 Å². The Balaban J connectivity index is 2.01. The summed E-state index contributed by atoms with van der Waals surface area (Å²) in [5.41, 5.74) is 0.496. The molecule has 1 heterocycles. The molecule has 5 heteroatoms. The number of carbonyl (C=O) groups is 1. The number of hydrogen-bond donors (Lipinski definition) is 2. The molecule has 18 heavy (non-hydrogen) atoms. The number of unbranched alkanes of at least 4 members (excludes halogenated alkanes) is 1. The summed E-state index contributed by atoms with van der Waals surface area (Å²) in [6.07, 6.45) is 1.45. The number of aliphatic hydroxyl groups is 1. The highest BCUT2D eigenvalue weighted by atomic mass is 16.6. The first kappa shape index (κ1) is 12.7. The fraction of sp³-hybridized carbons (Fsp3) is 0.462. The minimum absolute atomic E-state index is 0.146. The highest BCUT2D eigenvalue weighted by molar-refractivity contribution is 5.97. The maximum Gasteiger partial charge on any atom is 0.255 e. The molecule has 0 aliphatic carbocycles. The van der Waals surface area contributed by atoms with E-state index in [0.717, 1.165) is 6.42 Å². The van der Waals surface area contributed by atoms with E-state index in [4.69, 9.17) is 14.6 Å². The lowest BCUT2D eigenvalue weighted by Crippen LogP contribution is -2.26. The van der Waals surface area contributed by atoms with Gasteiger partial charge in [-0.2, -0.15) is 0 Å². The highest BCUT2D eigenvalue weighted by Crippen LogP contribution is 2.33. The van der Waals surface area contributed by atoms with Crippen molar-refractivity contribution in [2.45, 2.75) is 12.8 Å². The van der Waals surface area contributed by atoms with Crippen LogP contribution >= 0.6 is 0 Å². The SMILES string of the molecule is O=C(NCCCCO)c1cccc2c1OCCO2. The zero-order valence-electron chi connectivity index (χ0n) is 10.1. The van der Waals surface area contributed by atoms with E-state index in [2.05, 4.69) is 5.32 Å². The zero-order chi connectivity index (χ0) is 12.8. The van der Waals surface area contributed by atoms with Crippen LogP contribution in [-0.4, -0.2) is 37.4 Å². The van der Waals surface area contributed by atoms with Crippen molar-refractivity contribution >= 4 is 5.91 Å². The van der Waals surface area contributed by atoms with E-state index in [9.17, 15) is 4.79 Å². The van der Waals surface area contributed by atoms with Gasteiger partial charge in [0.2, 0.25) is 0 Å². The van der Waals surface area contributed by atoms with Crippen LogP contribution < -0.4 is 14.8 Å². The maximum absolute atomic E-state index is 12.0. The molecule has 2 rings (SSSR count). The van der Waals surface area contributed by atoms with Crippen molar-refractivity contribution in [2.75, 3.05) is 26.4 Å². The van der Waals surface area contributed by atoms with E-state index in [-0.39, 0.29) is 12.5 Å². The summed E-state index contributed by atoms with van der Waals surface area (Å²) in [5.74, 6) is 0.961. The third-order valence-corrected chi connectivity index (χ3v) is 2.68. The first-order chi connectivity index (χ1) is 8.83. The van der Waals surface area contributed by atoms with E-state index >= 15 is 0 Å². The van der Waals surface area contributed by atoms with Crippen LogP contribution in [0.25, 0.3) is 0 Å². The Morgan fingerprint density at radius 1 is 1.28 bits per heavy atom. The molecule has 0 bridgehead atoms. The number of rotatable bonds is 5. The predicted octanol–water partition coefficient (Wildman–Crippen LogP) is 0.960. The number of benzene rings is 1. The third kappa shape index (κ3) is 2.92. The Labute approximate surface area is 106 Å². The van der Waals surface area contributed by atoms with E-state index in [1.807, 2.05) is 0 Å². The molecule has 2 N–H and O–H groups in total. The minimum atomic E-state index is -0.171. The van der Waals surface area contributed by atoms with Crippen LogP contribution in [0, 0.1) is 0 Å². The quantitative estimate of drug-likeness (QED) is 0.765. The third-order valence-electron chi connectivity index (χ3n) is 2.68. The maximum atomic E-state index is 12.0. The Hall–Kier alpha value is -1.75. The Kier molecular flexibility index (Phi) is 4.41. The second-order valence-electron chi connectivity index (χ2n) is 4.02. The van der Waals surface area contributed by atoms with Gasteiger partial charge in [-0.1, -0.05) is 6.07 Å². The van der Waals surface area contributed by atoms with Crippen molar-refractivity contribution in [1.82, 2.24) is 5.32 Å². The van der Waals surface area contributed by atoms with Gasteiger partial charge in [-0.3, -0.25) is 4.79 Å². The Bertz CT molecular complexity index is 419. The standard InChI is InChI=1S/C13H17NO4/c15-7-2-1-6-14-13(16)10-4-3-5-11-12(10)18-9-8-17-11/h3-5,15H,1-2,6-9H2,(H,14,16). The predicted molar refractivity (Wildman–Crippen MR) is 66.1 cm³/mol. The highest BCUT2D eigenvalue weighted by Gasteiger charge is 2.19. The van der Waals surface area contributed by atoms with Gasteiger partial charge in [-0.05, 0) is 25.0 Å². The van der Waals surface area contributed by atoms with Gasteiger partial charge in [-0.25, -0.2) is 0 Å². The monoisotopic (exact) mass is 251 g/mol. The zero-order valence-corrected chi connectivity index (χ0v) is 10.1. The van der Waals surface area contributed by atoms with E-state index < -0.39 is 0 Å². The molecule has 1 aromatic carbocycles. The summed E-state index contributed by atoms with van der Waals surface area (Å²) in [5, 5.41) is 11.5. The summed E-state index contributed by atoms with van der Waals surface area (Å²) in [7, 11) is 0. The van der Waals surface area contributed by atoms with Crippen LogP contribution in [0.5, 0.6) is 11.5 Å². The van der Waals surface area contributed by atoms with Gasteiger partial charge >= 0.3 is 0 Å². The molecule has 1 aromatic rings. The molecule has 0 saturated heterocycles. The van der Waals surface area contributed by atoms with Crippen molar-refractivity contribution in [3.05, 3.63) is 23.8 Å². The minimum Gasteiger partial charge on any atom is -0.486 e. The van der Waals surface area contributed by atoms with Crippen LogP contribution in [0.3, 0.4) is 0 Å². The van der Waals surface area contributed by atoms with Gasteiger partial charge in [0, 0.05) is 13.2 Å². The summed E-state index contributed by atoms with van der Waals surface area (Å²) < 4.78 is 10.9. The number of fused-ring (bicyclic) bond motifs is 1. The van der Waals surface area contributed by atoms with E-state index in [1.165, 1.54) is 0 Å². The lowest BCUT2D eigenvalue weighted by molar-refractivity contribution is 0.0941. The number of ether oxygens (including phenoxy) is 2. The Morgan fingerprint density at radius 3 is 2.94 bits per heavy atom. The molecular formula is C13H17NO4. The summed E-state index contributed by atoms with van der Waals surface area (Å²) >= 11 is 0. The number of hydrogen-bond acceptors (Lipinski definition) is 4. The number of amides is 1. The molecule has 1 aliphatic heterocycles. The molecule has 0 unspecified atom stereocenters. The van der Waals surface area contributed by atoms with Crippen LogP contribution in [-0.2, 0) is 0 Å². The van der Waals surface area contributed by atoms with E-state index in [1.54, 1.807) is 18.2 Å². The van der Waals surface area contributed by atoms with E-state index in [0.29, 0.717) is 43.2 Å². The smallest absolute Gasteiger partial charge is 0.255 e. The molecule has 1 aliphatic rings. The van der Waals surface area contributed by atoms with Gasteiger partial charge in [-0.15, -0.1) is 0 Å². The van der Waals surface area contributed by atoms with Crippen molar-refractivity contribution in [2.24, 2.45) is 0 Å². The average Bonchev–Trinajstić information content (AvgIpc) is 2.43. The second-order valence-corrected chi connectivity index (χ2v) is 4.02. The molecule has 0 atom stereocenters. The van der Waals surface area contributed by atoms with Gasteiger partial charge < -0.3 is 19.9 Å². The lowest BCUT2D eigenvalue weighted by atomic mass is 10.1. The normalized spacial score (nSPS) is 13.2. The molecule has 0 spiro atoms. The first-order valence-electron chi connectivity index (χ1n) is 6.10. The van der Waals surface area contributed by atoms with Crippen molar-refractivity contribution in [3.8, 4) is 11.5 Å². The number of aliphatic hydroxyl groups excluding tert-OH is 1. The van der Waals surface area contributed by atoms with Gasteiger partial charge in [0.05, 0.1) is 5.56 Å². The molecule has 0 aromatic heterocycles. The summed E-state index contributed by atoms with van der Waals surface area (Å²) in [4.78, 5) is 12.0. The number of para-hydroxylation sites is 1. The molecule has 98 valence electrons. The number of nitrogens with one attached hydrogen (secondary N) is 1. The summed E-state index contributed by atoms with van der Waals surface area (Å²) in [6.45, 7) is 1.66. The van der Waals surface area contributed by atoms with Crippen LogP contribution in [0.1, 0.15) is 23.2 Å². The second kappa shape index (κ2) is 6.26. The van der Waals surface area contributed by atoms with Gasteiger partial charge in [0.25, 0.3) is 5.91 Å². The van der Waals surface area contributed by atoms with Crippen LogP contribution in [0.15, 0.2) is 18.2 Å². The molecule has 0 radical (unpaired) electrons. The van der Waals surface area contributed by atoms with Crippen molar-refractivity contribution in [1.29, 1.82) is 0 Å². The molecule has 0 saturated carbocycles. The van der Waals surface area contributed by atoms with Gasteiger partial charge in [0.15, 0.2) is 11.5 Å². The molecular weight excluding hydrogens is 234 g/mol. The number of carbonyl (C=O) groups excluding carboxylic acids is 1. The average molecular weight is 251 g/mol.